The van der Waals surface area contributed by atoms with Gasteiger partial charge >= 0.3 is 0 Å². The zero-order valence-corrected chi connectivity index (χ0v) is 13.3. The van der Waals surface area contributed by atoms with E-state index in [9.17, 15) is 0 Å². The highest BCUT2D eigenvalue weighted by molar-refractivity contribution is 5.20. The number of rotatable bonds is 5. The highest BCUT2D eigenvalue weighted by atomic mass is 16.5. The molecule has 0 spiro atoms. The summed E-state index contributed by atoms with van der Waals surface area (Å²) in [5, 5.41) is 0. The monoisotopic (exact) mass is 292 g/mol. The fourth-order valence-electron chi connectivity index (χ4n) is 3.56. The molecule has 0 amide bonds. The number of hydrogen-bond acceptors (Lipinski definition) is 4. The molecule has 1 aromatic heterocycles. The van der Waals surface area contributed by atoms with E-state index in [0.29, 0.717) is 5.92 Å². The summed E-state index contributed by atoms with van der Waals surface area (Å²) in [5.41, 5.74) is 6.46. The van der Waals surface area contributed by atoms with Crippen molar-refractivity contribution >= 4 is 0 Å². The van der Waals surface area contributed by atoms with Crippen molar-refractivity contribution in [1.82, 2.24) is 4.90 Å². The first-order valence-electron chi connectivity index (χ1n) is 8.29. The van der Waals surface area contributed by atoms with Crippen molar-refractivity contribution in [3.05, 3.63) is 23.7 Å². The molecule has 1 saturated carbocycles. The Morgan fingerprint density at radius 2 is 2.10 bits per heavy atom. The second kappa shape index (κ2) is 6.51. The normalized spacial score (nSPS) is 33.9. The van der Waals surface area contributed by atoms with Crippen molar-refractivity contribution in [3.63, 3.8) is 0 Å². The first-order valence-corrected chi connectivity index (χ1v) is 8.29. The van der Waals surface area contributed by atoms with Crippen molar-refractivity contribution in [2.24, 2.45) is 11.7 Å². The molecule has 2 heterocycles. The predicted molar refractivity (Wildman–Crippen MR) is 83.2 cm³/mol. The first kappa shape index (κ1) is 15.1. The summed E-state index contributed by atoms with van der Waals surface area (Å²) in [5.74, 6) is 3.61. The lowest BCUT2D eigenvalue weighted by Crippen LogP contribution is -2.41. The standard InChI is InChI=1S/C17H28N2O2/c1-12-11-13(12)15-6-7-16(21-15)17-14(18)5-3-4-8-19(17)9-10-20-2/h6-7,12-14,17H,3-5,8-11,18H2,1-2H3. The smallest absolute Gasteiger partial charge is 0.122 e. The molecule has 0 radical (unpaired) electrons. The Kier molecular flexibility index (Phi) is 4.67. The van der Waals surface area contributed by atoms with Crippen LogP contribution in [0.2, 0.25) is 0 Å². The van der Waals surface area contributed by atoms with E-state index in [1.807, 2.05) is 0 Å². The highest BCUT2D eigenvalue weighted by Gasteiger charge is 2.38. The van der Waals surface area contributed by atoms with E-state index in [2.05, 4.69) is 24.0 Å². The predicted octanol–water partition coefficient (Wildman–Crippen LogP) is 2.90. The Morgan fingerprint density at radius 3 is 2.81 bits per heavy atom. The second-order valence-electron chi connectivity index (χ2n) is 6.69. The number of nitrogens with zero attached hydrogens (tertiary/aromatic N) is 1. The molecule has 4 nitrogen and oxygen atoms in total. The van der Waals surface area contributed by atoms with Gasteiger partial charge in [-0.2, -0.15) is 0 Å². The minimum absolute atomic E-state index is 0.153. The van der Waals surface area contributed by atoms with Crippen molar-refractivity contribution in [3.8, 4) is 0 Å². The van der Waals surface area contributed by atoms with E-state index in [0.717, 1.165) is 43.6 Å². The first-order chi connectivity index (χ1) is 10.2. The maximum Gasteiger partial charge on any atom is 0.122 e. The Labute approximate surface area is 127 Å². The maximum atomic E-state index is 6.46. The van der Waals surface area contributed by atoms with Gasteiger partial charge in [-0.05, 0) is 43.9 Å². The summed E-state index contributed by atoms with van der Waals surface area (Å²) in [6, 6.07) is 4.66. The van der Waals surface area contributed by atoms with E-state index in [1.165, 1.54) is 19.3 Å². The number of furan rings is 1. The maximum absolute atomic E-state index is 6.46. The summed E-state index contributed by atoms with van der Waals surface area (Å²) in [4.78, 5) is 2.44. The molecular weight excluding hydrogens is 264 g/mol. The molecule has 2 aliphatic rings. The fourth-order valence-corrected chi connectivity index (χ4v) is 3.56. The van der Waals surface area contributed by atoms with E-state index >= 15 is 0 Å². The number of nitrogens with two attached hydrogens (primary N) is 1. The van der Waals surface area contributed by atoms with Gasteiger partial charge in [-0.1, -0.05) is 13.3 Å². The van der Waals surface area contributed by atoms with Gasteiger partial charge < -0.3 is 14.9 Å². The largest absolute Gasteiger partial charge is 0.464 e. The minimum Gasteiger partial charge on any atom is -0.464 e. The van der Waals surface area contributed by atoms with E-state index in [4.69, 9.17) is 14.9 Å². The van der Waals surface area contributed by atoms with Crippen LogP contribution in [0.5, 0.6) is 0 Å². The van der Waals surface area contributed by atoms with E-state index in [1.54, 1.807) is 7.11 Å². The van der Waals surface area contributed by atoms with Crippen LogP contribution in [0.25, 0.3) is 0 Å². The molecule has 0 aromatic carbocycles. The van der Waals surface area contributed by atoms with Crippen LogP contribution in [0, 0.1) is 5.92 Å². The summed E-state index contributed by atoms with van der Waals surface area (Å²) in [6.07, 6.45) is 4.75. The summed E-state index contributed by atoms with van der Waals surface area (Å²) < 4.78 is 11.5. The Bertz CT molecular complexity index is 459. The minimum atomic E-state index is 0.153. The topological polar surface area (TPSA) is 51.6 Å². The van der Waals surface area contributed by atoms with Crippen molar-refractivity contribution < 1.29 is 9.15 Å². The van der Waals surface area contributed by atoms with Gasteiger partial charge in [-0.15, -0.1) is 0 Å². The van der Waals surface area contributed by atoms with Crippen molar-refractivity contribution in [2.75, 3.05) is 26.8 Å². The lowest BCUT2D eigenvalue weighted by atomic mass is 10.0. The van der Waals surface area contributed by atoms with Gasteiger partial charge in [0.05, 0.1) is 12.6 Å². The third kappa shape index (κ3) is 3.33. The molecule has 1 saturated heterocycles. The second-order valence-corrected chi connectivity index (χ2v) is 6.69. The van der Waals surface area contributed by atoms with E-state index < -0.39 is 0 Å². The molecule has 0 bridgehead atoms. The van der Waals surface area contributed by atoms with Gasteiger partial charge in [-0.25, -0.2) is 0 Å². The van der Waals surface area contributed by atoms with Crippen LogP contribution in [0.3, 0.4) is 0 Å². The zero-order valence-electron chi connectivity index (χ0n) is 13.3. The van der Waals surface area contributed by atoms with Gasteiger partial charge in [0.25, 0.3) is 0 Å². The highest BCUT2D eigenvalue weighted by Crippen LogP contribution is 2.48. The summed E-state index contributed by atoms with van der Waals surface area (Å²) in [7, 11) is 1.76. The quantitative estimate of drug-likeness (QED) is 0.906. The van der Waals surface area contributed by atoms with Crippen LogP contribution >= 0.6 is 0 Å². The molecule has 118 valence electrons. The number of ether oxygens (including phenoxy) is 1. The van der Waals surface area contributed by atoms with Gasteiger partial charge in [0.2, 0.25) is 0 Å². The molecule has 4 heteroatoms. The summed E-state index contributed by atoms with van der Waals surface area (Å²) >= 11 is 0. The van der Waals surface area contributed by atoms with Gasteiger partial charge in [0.15, 0.2) is 0 Å². The Morgan fingerprint density at radius 1 is 1.33 bits per heavy atom. The Balaban J connectivity index is 1.78. The van der Waals surface area contributed by atoms with Gasteiger partial charge in [0, 0.05) is 25.6 Å². The molecule has 2 N–H and O–H groups in total. The number of hydrogen-bond donors (Lipinski definition) is 1. The molecule has 1 aliphatic carbocycles. The molecule has 2 fully saturated rings. The molecule has 21 heavy (non-hydrogen) atoms. The van der Waals surface area contributed by atoms with Crippen LogP contribution in [-0.2, 0) is 4.74 Å². The van der Waals surface area contributed by atoms with Crippen molar-refractivity contribution in [1.29, 1.82) is 0 Å². The lowest BCUT2D eigenvalue weighted by Gasteiger charge is -2.31. The third-order valence-electron chi connectivity index (χ3n) is 5.03. The molecule has 1 aliphatic heterocycles. The van der Waals surface area contributed by atoms with Crippen LogP contribution in [0.15, 0.2) is 16.5 Å². The van der Waals surface area contributed by atoms with Gasteiger partial charge in [-0.3, -0.25) is 4.90 Å². The van der Waals surface area contributed by atoms with Crippen LogP contribution in [-0.4, -0.2) is 37.7 Å². The SMILES string of the molecule is COCCN1CCCCC(N)C1c1ccc(C2CC2C)o1. The number of likely N-dealkylation sites (tertiary alicyclic amines) is 1. The van der Waals surface area contributed by atoms with E-state index in [-0.39, 0.29) is 12.1 Å². The molecule has 4 atom stereocenters. The van der Waals surface area contributed by atoms with Crippen LogP contribution in [0.1, 0.15) is 56.1 Å². The molecule has 1 aromatic rings. The van der Waals surface area contributed by atoms with Crippen LogP contribution < -0.4 is 5.73 Å². The van der Waals surface area contributed by atoms with Crippen LogP contribution in [0.4, 0.5) is 0 Å². The fraction of sp³-hybridized carbons (Fsp3) is 0.765. The average molecular weight is 292 g/mol. The van der Waals surface area contributed by atoms with Gasteiger partial charge in [0.1, 0.15) is 11.5 Å². The molecule has 4 unspecified atom stereocenters. The molecular formula is C17H28N2O2. The lowest BCUT2D eigenvalue weighted by molar-refractivity contribution is 0.104. The zero-order chi connectivity index (χ0) is 14.8. The third-order valence-corrected chi connectivity index (χ3v) is 5.03. The summed E-state index contributed by atoms with van der Waals surface area (Å²) in [6.45, 7) is 5.04. The Hall–Kier alpha value is -0.840. The van der Waals surface area contributed by atoms with Crippen molar-refractivity contribution in [2.45, 2.75) is 50.6 Å². The molecule has 3 rings (SSSR count). The average Bonchev–Trinajstić information content (AvgIpc) is 3.07. The number of methoxy groups -OCH3 is 1.